The number of aliphatic carboxylic acids is 1. The van der Waals surface area contributed by atoms with Crippen LogP contribution in [0.3, 0.4) is 0 Å². The lowest BCUT2D eigenvalue weighted by Crippen LogP contribution is -2.36. The van der Waals surface area contributed by atoms with Gasteiger partial charge in [-0.15, -0.1) is 0 Å². The van der Waals surface area contributed by atoms with Gasteiger partial charge in [0.2, 0.25) is 0 Å². The van der Waals surface area contributed by atoms with E-state index in [0.29, 0.717) is 42.7 Å². The lowest BCUT2D eigenvalue weighted by molar-refractivity contribution is -0.139. The molecule has 7 heteroatoms. The molecule has 0 saturated carbocycles. The first-order valence-corrected chi connectivity index (χ1v) is 10.9. The van der Waals surface area contributed by atoms with Crippen molar-refractivity contribution < 1.29 is 19.4 Å². The average molecular weight is 424 g/mol. The number of nitrogens with one attached hydrogen (secondary N) is 1. The normalized spacial score (nSPS) is 11.8. The van der Waals surface area contributed by atoms with Crippen molar-refractivity contribution in [3.8, 4) is 11.5 Å². The van der Waals surface area contributed by atoms with Crippen LogP contribution in [-0.2, 0) is 17.9 Å². The van der Waals surface area contributed by atoms with Crippen LogP contribution >= 0.6 is 23.4 Å². The summed E-state index contributed by atoms with van der Waals surface area (Å²) in [4.78, 5) is 11.4. The maximum atomic E-state index is 11.4. The zero-order chi connectivity index (χ0) is 20.4. The standard InChI is InChI=1S/C21H26ClNO4S/c1-3-26-20-12-15(13-23-18(21(24)25)9-10-28-2)7-8-19(20)27-14-16-5-4-6-17(22)11-16/h4-8,11-12,18,23H,3,9-10,13-14H2,1-2H3,(H,24,25). The summed E-state index contributed by atoms with van der Waals surface area (Å²) in [6.07, 6.45) is 2.55. The van der Waals surface area contributed by atoms with Gasteiger partial charge in [0.1, 0.15) is 12.6 Å². The lowest BCUT2D eigenvalue weighted by atomic mass is 10.1. The first kappa shape index (κ1) is 22.4. The molecule has 2 aromatic rings. The van der Waals surface area contributed by atoms with E-state index < -0.39 is 12.0 Å². The second-order valence-corrected chi connectivity index (χ2v) is 7.61. The van der Waals surface area contributed by atoms with Crippen molar-refractivity contribution in [2.45, 2.75) is 32.5 Å². The second kappa shape index (κ2) is 11.8. The number of hydrogen-bond donors (Lipinski definition) is 2. The van der Waals surface area contributed by atoms with Gasteiger partial charge < -0.3 is 19.9 Å². The summed E-state index contributed by atoms with van der Waals surface area (Å²) in [5.41, 5.74) is 1.91. The topological polar surface area (TPSA) is 67.8 Å². The fraction of sp³-hybridized carbons (Fsp3) is 0.381. The van der Waals surface area contributed by atoms with Crippen molar-refractivity contribution in [2.24, 2.45) is 0 Å². The zero-order valence-electron chi connectivity index (χ0n) is 16.1. The molecule has 0 fully saturated rings. The van der Waals surface area contributed by atoms with E-state index in [2.05, 4.69) is 5.32 Å². The van der Waals surface area contributed by atoms with Crippen LogP contribution in [0.4, 0.5) is 0 Å². The smallest absolute Gasteiger partial charge is 0.320 e. The van der Waals surface area contributed by atoms with Gasteiger partial charge >= 0.3 is 5.97 Å². The molecule has 0 aliphatic heterocycles. The van der Waals surface area contributed by atoms with Gasteiger partial charge in [-0.1, -0.05) is 29.8 Å². The van der Waals surface area contributed by atoms with Crippen LogP contribution in [0.1, 0.15) is 24.5 Å². The predicted molar refractivity (Wildman–Crippen MR) is 115 cm³/mol. The SMILES string of the molecule is CCOc1cc(CNC(CCSC)C(=O)O)ccc1OCc1cccc(Cl)c1. The largest absolute Gasteiger partial charge is 0.490 e. The molecule has 0 spiro atoms. The highest BCUT2D eigenvalue weighted by atomic mass is 35.5. The summed E-state index contributed by atoms with van der Waals surface area (Å²) in [5.74, 6) is 1.24. The third kappa shape index (κ3) is 7.26. The number of halogens is 1. The minimum atomic E-state index is -0.833. The molecule has 2 rings (SSSR count). The van der Waals surface area contributed by atoms with Gasteiger partial charge in [-0.25, -0.2) is 0 Å². The van der Waals surface area contributed by atoms with Gasteiger partial charge in [0, 0.05) is 11.6 Å². The van der Waals surface area contributed by atoms with Crippen molar-refractivity contribution in [2.75, 3.05) is 18.6 Å². The number of carboxylic acids is 1. The molecule has 0 saturated heterocycles. The molecule has 0 heterocycles. The Kier molecular flexibility index (Phi) is 9.47. The molecule has 2 aromatic carbocycles. The number of carbonyl (C=O) groups is 1. The van der Waals surface area contributed by atoms with Gasteiger partial charge in [0.05, 0.1) is 6.61 Å². The Morgan fingerprint density at radius 3 is 2.68 bits per heavy atom. The van der Waals surface area contributed by atoms with Crippen LogP contribution in [0, 0.1) is 0 Å². The number of rotatable bonds is 12. The first-order valence-electron chi connectivity index (χ1n) is 9.11. The van der Waals surface area contributed by atoms with E-state index in [-0.39, 0.29) is 0 Å². The molecule has 2 N–H and O–H groups in total. The molecule has 5 nitrogen and oxygen atoms in total. The highest BCUT2D eigenvalue weighted by molar-refractivity contribution is 7.98. The Labute approximate surface area is 175 Å². The van der Waals surface area contributed by atoms with Crippen LogP contribution in [0.25, 0.3) is 0 Å². The van der Waals surface area contributed by atoms with Crippen molar-refractivity contribution in [1.29, 1.82) is 0 Å². The van der Waals surface area contributed by atoms with E-state index >= 15 is 0 Å². The van der Waals surface area contributed by atoms with Crippen LogP contribution < -0.4 is 14.8 Å². The summed E-state index contributed by atoms with van der Waals surface area (Å²) in [5, 5.41) is 13.1. The van der Waals surface area contributed by atoms with E-state index in [1.165, 1.54) is 0 Å². The van der Waals surface area contributed by atoms with E-state index in [4.69, 9.17) is 21.1 Å². The molecule has 0 radical (unpaired) electrons. The fourth-order valence-corrected chi connectivity index (χ4v) is 3.31. The summed E-state index contributed by atoms with van der Waals surface area (Å²) >= 11 is 7.65. The van der Waals surface area contributed by atoms with Gasteiger partial charge in [-0.05, 0) is 60.7 Å². The summed E-state index contributed by atoms with van der Waals surface area (Å²) in [7, 11) is 0. The predicted octanol–water partition coefficient (Wildman–Crippen LogP) is 4.61. The number of carboxylic acid groups (broad SMARTS) is 1. The van der Waals surface area contributed by atoms with Crippen LogP contribution in [-0.4, -0.2) is 35.7 Å². The monoisotopic (exact) mass is 423 g/mol. The Morgan fingerprint density at radius 1 is 1.18 bits per heavy atom. The summed E-state index contributed by atoms with van der Waals surface area (Å²) in [6.45, 7) is 3.25. The Hall–Kier alpha value is -1.89. The van der Waals surface area contributed by atoms with Gasteiger partial charge in [-0.2, -0.15) is 11.8 Å². The fourth-order valence-electron chi connectivity index (χ4n) is 2.63. The summed E-state index contributed by atoms with van der Waals surface area (Å²) in [6, 6.07) is 12.6. The Bertz CT molecular complexity index is 772. The van der Waals surface area contributed by atoms with Crippen LogP contribution in [0.15, 0.2) is 42.5 Å². The molecule has 0 aliphatic rings. The molecular weight excluding hydrogens is 398 g/mol. The molecule has 0 aliphatic carbocycles. The van der Waals surface area contributed by atoms with Crippen LogP contribution in [0.5, 0.6) is 11.5 Å². The van der Waals surface area contributed by atoms with E-state index in [1.807, 2.05) is 55.6 Å². The zero-order valence-corrected chi connectivity index (χ0v) is 17.7. The van der Waals surface area contributed by atoms with Crippen molar-refractivity contribution in [3.63, 3.8) is 0 Å². The third-order valence-electron chi connectivity index (χ3n) is 4.05. The molecular formula is C21H26ClNO4S. The lowest BCUT2D eigenvalue weighted by Gasteiger charge is -2.16. The molecule has 0 bridgehead atoms. The third-order valence-corrected chi connectivity index (χ3v) is 4.93. The Morgan fingerprint density at radius 2 is 2.00 bits per heavy atom. The average Bonchev–Trinajstić information content (AvgIpc) is 2.67. The minimum absolute atomic E-state index is 0.383. The number of benzene rings is 2. The minimum Gasteiger partial charge on any atom is -0.490 e. The molecule has 1 atom stereocenters. The Balaban J connectivity index is 2.03. The van der Waals surface area contributed by atoms with Gasteiger partial charge in [0.25, 0.3) is 0 Å². The highest BCUT2D eigenvalue weighted by Crippen LogP contribution is 2.29. The molecule has 1 unspecified atom stereocenters. The number of thioether (sulfide) groups is 1. The van der Waals surface area contributed by atoms with E-state index in [1.54, 1.807) is 11.8 Å². The summed E-state index contributed by atoms with van der Waals surface area (Å²) < 4.78 is 11.6. The molecule has 28 heavy (non-hydrogen) atoms. The van der Waals surface area contributed by atoms with Crippen molar-refractivity contribution >= 4 is 29.3 Å². The van der Waals surface area contributed by atoms with E-state index in [0.717, 1.165) is 16.9 Å². The quantitative estimate of drug-likeness (QED) is 0.519. The van der Waals surface area contributed by atoms with Gasteiger partial charge in [-0.3, -0.25) is 4.79 Å². The number of hydrogen-bond acceptors (Lipinski definition) is 5. The van der Waals surface area contributed by atoms with Crippen molar-refractivity contribution in [1.82, 2.24) is 5.32 Å². The van der Waals surface area contributed by atoms with Crippen LogP contribution in [0.2, 0.25) is 5.02 Å². The van der Waals surface area contributed by atoms with E-state index in [9.17, 15) is 9.90 Å². The molecule has 0 aromatic heterocycles. The highest BCUT2D eigenvalue weighted by Gasteiger charge is 2.16. The van der Waals surface area contributed by atoms with Crippen molar-refractivity contribution in [3.05, 3.63) is 58.6 Å². The first-order chi connectivity index (χ1) is 13.5. The molecule has 0 amide bonds. The van der Waals surface area contributed by atoms with Gasteiger partial charge in [0.15, 0.2) is 11.5 Å². The number of ether oxygens (including phenoxy) is 2. The maximum absolute atomic E-state index is 11.4. The molecule has 152 valence electrons. The maximum Gasteiger partial charge on any atom is 0.320 e. The second-order valence-electron chi connectivity index (χ2n) is 6.19.